The van der Waals surface area contributed by atoms with Crippen molar-refractivity contribution in [2.24, 2.45) is 0 Å². The second-order valence-electron chi connectivity index (χ2n) is 3.91. The van der Waals surface area contributed by atoms with Crippen molar-refractivity contribution in [2.75, 3.05) is 7.11 Å². The minimum atomic E-state index is -0.481. The van der Waals surface area contributed by atoms with Gasteiger partial charge in [0.25, 0.3) is 0 Å². The summed E-state index contributed by atoms with van der Waals surface area (Å²) in [5, 5.41) is 0. The summed E-state index contributed by atoms with van der Waals surface area (Å²) in [6, 6.07) is 9.95. The van der Waals surface area contributed by atoms with Crippen molar-refractivity contribution in [3.63, 3.8) is 0 Å². The van der Waals surface area contributed by atoms with Gasteiger partial charge in [0.2, 0.25) is 0 Å². The number of thiophene rings is 1. The number of carbonyl (C=O) groups is 2. The van der Waals surface area contributed by atoms with Crippen LogP contribution in [0.3, 0.4) is 0 Å². The Morgan fingerprint density at radius 1 is 1.14 bits per heavy atom. The first-order valence-electron chi connectivity index (χ1n) is 5.92. The quantitative estimate of drug-likeness (QED) is 0.467. The zero-order valence-electron chi connectivity index (χ0n) is 11.0. The lowest BCUT2D eigenvalue weighted by Gasteiger charge is -2.02. The smallest absolute Gasteiger partial charge is 0.337 e. The Morgan fingerprint density at radius 2 is 1.86 bits per heavy atom. The monoisotopic (exact) mass is 366 g/mol. The second-order valence-corrected chi connectivity index (χ2v) is 6.41. The van der Waals surface area contributed by atoms with E-state index in [1.807, 2.05) is 12.1 Å². The first-order chi connectivity index (χ1) is 10.1. The summed E-state index contributed by atoms with van der Waals surface area (Å²) in [4.78, 5) is 23.9. The van der Waals surface area contributed by atoms with Crippen LogP contribution < -0.4 is 4.74 Å². The highest BCUT2D eigenvalue weighted by molar-refractivity contribution is 9.11. The van der Waals surface area contributed by atoms with Crippen molar-refractivity contribution < 1.29 is 19.1 Å². The zero-order valence-corrected chi connectivity index (χ0v) is 13.4. The molecule has 0 N–H and O–H groups in total. The maximum absolute atomic E-state index is 11.7. The number of rotatable bonds is 4. The fourth-order valence-corrected chi connectivity index (χ4v) is 2.82. The van der Waals surface area contributed by atoms with Gasteiger partial charge in [-0.1, -0.05) is 0 Å². The number of esters is 2. The minimum absolute atomic E-state index is 0.365. The van der Waals surface area contributed by atoms with Crippen LogP contribution in [-0.4, -0.2) is 19.0 Å². The van der Waals surface area contributed by atoms with E-state index in [0.717, 1.165) is 8.66 Å². The number of hydrogen-bond donors (Lipinski definition) is 0. The standard InChI is InChI=1S/C15H11BrO4S/c1-19-15(18)10-2-4-11(5-3-10)20-14(17)9-7-12-6-8-13(16)21-12/h2-9H,1H3. The molecule has 0 atom stereocenters. The van der Waals surface area contributed by atoms with Crippen LogP contribution in [0, 0.1) is 0 Å². The Hall–Kier alpha value is -1.92. The van der Waals surface area contributed by atoms with Gasteiger partial charge in [-0.2, -0.15) is 0 Å². The highest BCUT2D eigenvalue weighted by Crippen LogP contribution is 2.23. The normalized spacial score (nSPS) is 10.6. The van der Waals surface area contributed by atoms with Crippen LogP contribution in [0.1, 0.15) is 15.2 Å². The Morgan fingerprint density at radius 3 is 2.43 bits per heavy atom. The number of halogens is 1. The largest absolute Gasteiger partial charge is 0.465 e. The zero-order chi connectivity index (χ0) is 15.2. The molecule has 0 bridgehead atoms. The predicted molar refractivity (Wildman–Crippen MR) is 84.5 cm³/mol. The van der Waals surface area contributed by atoms with Crippen LogP contribution in [0.2, 0.25) is 0 Å². The lowest BCUT2D eigenvalue weighted by Crippen LogP contribution is -2.04. The molecule has 108 valence electrons. The third-order valence-electron chi connectivity index (χ3n) is 2.47. The highest BCUT2D eigenvalue weighted by Gasteiger charge is 2.06. The summed E-state index contributed by atoms with van der Waals surface area (Å²) < 4.78 is 10.7. The van der Waals surface area contributed by atoms with E-state index in [9.17, 15) is 9.59 Å². The molecule has 2 aromatic rings. The molecule has 1 aromatic heterocycles. The molecule has 0 saturated carbocycles. The predicted octanol–water partition coefficient (Wildman–Crippen LogP) is 3.92. The molecule has 0 saturated heterocycles. The van der Waals surface area contributed by atoms with Crippen molar-refractivity contribution in [1.82, 2.24) is 0 Å². The van der Waals surface area contributed by atoms with E-state index >= 15 is 0 Å². The SMILES string of the molecule is COC(=O)c1ccc(OC(=O)C=Cc2ccc(Br)s2)cc1. The lowest BCUT2D eigenvalue weighted by atomic mass is 10.2. The molecule has 1 heterocycles. The van der Waals surface area contributed by atoms with Gasteiger partial charge in [0, 0.05) is 11.0 Å². The first kappa shape index (κ1) is 15.5. The third-order valence-corrected chi connectivity index (χ3v) is 4.06. The molecule has 0 aliphatic carbocycles. The molecule has 2 rings (SSSR count). The van der Waals surface area contributed by atoms with Gasteiger partial charge in [-0.25, -0.2) is 9.59 Å². The maximum atomic E-state index is 11.7. The number of methoxy groups -OCH3 is 1. The van der Waals surface area contributed by atoms with Crippen LogP contribution in [-0.2, 0) is 9.53 Å². The van der Waals surface area contributed by atoms with Gasteiger partial charge in [-0.15, -0.1) is 11.3 Å². The van der Waals surface area contributed by atoms with Crippen molar-refractivity contribution in [3.05, 3.63) is 56.7 Å². The molecule has 0 unspecified atom stereocenters. The van der Waals surface area contributed by atoms with Gasteiger partial charge in [-0.05, 0) is 58.4 Å². The lowest BCUT2D eigenvalue weighted by molar-refractivity contribution is -0.128. The molecule has 4 nitrogen and oxygen atoms in total. The van der Waals surface area contributed by atoms with Crippen LogP contribution in [0.15, 0.2) is 46.3 Å². The average Bonchev–Trinajstić information content (AvgIpc) is 2.91. The highest BCUT2D eigenvalue weighted by atomic mass is 79.9. The van der Waals surface area contributed by atoms with Crippen LogP contribution in [0.25, 0.3) is 6.08 Å². The van der Waals surface area contributed by atoms with Crippen LogP contribution in [0.4, 0.5) is 0 Å². The van der Waals surface area contributed by atoms with Crippen molar-refractivity contribution in [2.45, 2.75) is 0 Å². The molecule has 6 heteroatoms. The average molecular weight is 367 g/mol. The van der Waals surface area contributed by atoms with Gasteiger partial charge in [0.15, 0.2) is 0 Å². The van der Waals surface area contributed by atoms with Gasteiger partial charge in [0.05, 0.1) is 16.5 Å². The Labute approximate surface area is 134 Å². The fourth-order valence-electron chi connectivity index (χ4n) is 1.50. The number of carbonyl (C=O) groups excluding carboxylic acids is 2. The van der Waals surface area contributed by atoms with E-state index in [1.54, 1.807) is 18.2 Å². The van der Waals surface area contributed by atoms with E-state index in [-0.39, 0.29) is 0 Å². The molecule has 0 spiro atoms. The van der Waals surface area contributed by atoms with Crippen molar-refractivity contribution in [1.29, 1.82) is 0 Å². The summed E-state index contributed by atoms with van der Waals surface area (Å²) in [5.41, 5.74) is 0.399. The van der Waals surface area contributed by atoms with Gasteiger partial charge >= 0.3 is 11.9 Å². The summed E-state index contributed by atoms with van der Waals surface area (Å²) in [7, 11) is 1.31. The molecule has 0 radical (unpaired) electrons. The van der Waals surface area contributed by atoms with Crippen molar-refractivity contribution in [3.8, 4) is 5.75 Å². The van der Waals surface area contributed by atoms with E-state index in [4.69, 9.17) is 4.74 Å². The van der Waals surface area contributed by atoms with E-state index in [0.29, 0.717) is 11.3 Å². The molecule has 1 aromatic carbocycles. The second kappa shape index (κ2) is 7.19. The Balaban J connectivity index is 1.96. The molecule has 0 amide bonds. The van der Waals surface area contributed by atoms with Gasteiger partial charge < -0.3 is 9.47 Å². The molecule has 21 heavy (non-hydrogen) atoms. The van der Waals surface area contributed by atoms with E-state index in [1.165, 1.54) is 36.7 Å². The molecule has 0 aliphatic rings. The first-order valence-corrected chi connectivity index (χ1v) is 7.53. The fraction of sp³-hybridized carbons (Fsp3) is 0.0667. The third kappa shape index (κ3) is 4.54. The summed E-state index contributed by atoms with van der Waals surface area (Å²) >= 11 is 4.86. The van der Waals surface area contributed by atoms with Gasteiger partial charge in [-0.3, -0.25) is 0 Å². The molecular formula is C15H11BrO4S. The van der Waals surface area contributed by atoms with E-state index < -0.39 is 11.9 Å². The molecular weight excluding hydrogens is 356 g/mol. The number of hydrogen-bond acceptors (Lipinski definition) is 5. The number of ether oxygens (including phenoxy) is 2. The minimum Gasteiger partial charge on any atom is -0.465 e. The van der Waals surface area contributed by atoms with Crippen LogP contribution >= 0.6 is 27.3 Å². The number of benzene rings is 1. The van der Waals surface area contributed by atoms with Crippen molar-refractivity contribution >= 4 is 45.3 Å². The molecule has 0 aliphatic heterocycles. The topological polar surface area (TPSA) is 52.6 Å². The summed E-state index contributed by atoms with van der Waals surface area (Å²) in [5.74, 6) is -0.550. The summed E-state index contributed by atoms with van der Waals surface area (Å²) in [6.45, 7) is 0. The van der Waals surface area contributed by atoms with Gasteiger partial charge in [0.1, 0.15) is 5.75 Å². The maximum Gasteiger partial charge on any atom is 0.337 e. The summed E-state index contributed by atoms with van der Waals surface area (Å²) in [6.07, 6.45) is 3.03. The van der Waals surface area contributed by atoms with Crippen LogP contribution in [0.5, 0.6) is 5.75 Å². The van der Waals surface area contributed by atoms with E-state index in [2.05, 4.69) is 20.7 Å². The Kier molecular flexibility index (Phi) is 5.30. The Bertz CT molecular complexity index is 673. The molecule has 0 fully saturated rings.